The van der Waals surface area contributed by atoms with Crippen LogP contribution in [-0.2, 0) is 5.54 Å². The summed E-state index contributed by atoms with van der Waals surface area (Å²) in [6.45, 7) is 0. The van der Waals surface area contributed by atoms with Crippen LogP contribution in [0.15, 0.2) is 79.0 Å². The van der Waals surface area contributed by atoms with Gasteiger partial charge in [-0.15, -0.1) is 13.2 Å². The molecule has 0 atom stereocenters. The highest BCUT2D eigenvalue weighted by molar-refractivity contribution is 6.00. The minimum Gasteiger partial charge on any atom is -0.405 e. The number of rotatable bonds is 5. The molecule has 1 fully saturated rings. The third-order valence-electron chi connectivity index (χ3n) is 5.55. The Kier molecular flexibility index (Phi) is 4.65. The second-order valence-corrected chi connectivity index (χ2v) is 7.69. The van der Waals surface area contributed by atoms with E-state index in [1.807, 2.05) is 30.3 Å². The summed E-state index contributed by atoms with van der Waals surface area (Å²) < 4.78 is 44.6. The summed E-state index contributed by atoms with van der Waals surface area (Å²) in [5, 5.41) is 3.08. The lowest BCUT2D eigenvalue weighted by Gasteiger charge is -2.17. The van der Waals surface area contributed by atoms with Crippen LogP contribution in [0.2, 0.25) is 0 Å². The molecule has 2 aromatic carbocycles. The van der Waals surface area contributed by atoms with E-state index in [0.717, 1.165) is 18.4 Å². The first-order chi connectivity index (χ1) is 15.4. The molecule has 1 saturated carbocycles. The molecule has 2 aromatic heterocycles. The molecule has 0 aliphatic heterocycles. The molecule has 0 bridgehead atoms. The number of carbonyl (C=O) groups is 1. The number of imidazole rings is 1. The predicted octanol–water partition coefficient (Wildman–Crippen LogP) is 5.32. The summed E-state index contributed by atoms with van der Waals surface area (Å²) in [5.74, 6) is -0.573. The Morgan fingerprint density at radius 1 is 0.969 bits per heavy atom. The normalized spacial score (nSPS) is 14.8. The molecule has 1 aliphatic carbocycles. The number of fused-ring (bicyclic) bond motifs is 1. The molecule has 32 heavy (non-hydrogen) atoms. The number of halogens is 3. The van der Waals surface area contributed by atoms with E-state index in [4.69, 9.17) is 0 Å². The van der Waals surface area contributed by atoms with Crippen molar-refractivity contribution in [2.24, 2.45) is 0 Å². The van der Waals surface area contributed by atoms with Crippen molar-refractivity contribution in [3.8, 4) is 17.1 Å². The number of ether oxygens (including phenoxy) is 1. The average Bonchev–Trinajstić information content (AvgIpc) is 3.45. The smallest absolute Gasteiger partial charge is 0.405 e. The Morgan fingerprint density at radius 2 is 1.66 bits per heavy atom. The first-order valence-corrected chi connectivity index (χ1v) is 10.1. The van der Waals surface area contributed by atoms with E-state index in [1.165, 1.54) is 18.2 Å². The van der Waals surface area contributed by atoms with Gasteiger partial charge >= 0.3 is 6.36 Å². The number of carbonyl (C=O) groups excluding carboxylic acids is 1. The SMILES string of the molecule is O=C(NC1(c2ccccc2)CC1)c1nc(-c2ccccc2OC(F)(F)F)n2ccccc12. The van der Waals surface area contributed by atoms with Crippen LogP contribution >= 0.6 is 0 Å². The maximum Gasteiger partial charge on any atom is 0.573 e. The number of aromatic nitrogens is 2. The number of nitrogens with zero attached hydrogens (tertiary/aromatic N) is 2. The number of nitrogens with one attached hydrogen (secondary N) is 1. The maximum atomic E-state index is 13.2. The number of para-hydroxylation sites is 1. The van der Waals surface area contributed by atoms with Gasteiger partial charge in [-0.2, -0.15) is 0 Å². The van der Waals surface area contributed by atoms with Gasteiger partial charge < -0.3 is 10.1 Å². The molecule has 162 valence electrons. The van der Waals surface area contributed by atoms with E-state index >= 15 is 0 Å². The van der Waals surface area contributed by atoms with Gasteiger partial charge in [0, 0.05) is 6.20 Å². The lowest BCUT2D eigenvalue weighted by atomic mass is 10.0. The summed E-state index contributed by atoms with van der Waals surface area (Å²) in [7, 11) is 0. The number of alkyl halides is 3. The van der Waals surface area contributed by atoms with Gasteiger partial charge in [-0.1, -0.05) is 48.5 Å². The highest BCUT2D eigenvalue weighted by atomic mass is 19.4. The van der Waals surface area contributed by atoms with Crippen molar-refractivity contribution < 1.29 is 22.7 Å². The highest BCUT2D eigenvalue weighted by Gasteiger charge is 2.46. The van der Waals surface area contributed by atoms with E-state index in [0.29, 0.717) is 5.52 Å². The molecule has 8 heteroatoms. The molecule has 0 saturated heterocycles. The highest BCUT2D eigenvalue weighted by Crippen LogP contribution is 2.45. The van der Waals surface area contributed by atoms with E-state index < -0.39 is 11.9 Å². The monoisotopic (exact) mass is 437 g/mol. The number of benzene rings is 2. The Labute approximate surface area is 181 Å². The standard InChI is InChI=1S/C24H18F3N3O2/c25-24(26,27)32-19-12-5-4-10-17(19)21-28-20(18-11-6-7-15-30(18)21)22(31)29-23(13-14-23)16-8-2-1-3-9-16/h1-12,15H,13-14H2,(H,29,31). The lowest BCUT2D eigenvalue weighted by molar-refractivity contribution is -0.274. The van der Waals surface area contributed by atoms with Crippen LogP contribution in [0.3, 0.4) is 0 Å². The Bertz CT molecular complexity index is 1290. The second kappa shape index (κ2) is 7.40. The Balaban J connectivity index is 1.56. The molecule has 0 spiro atoms. The Hall–Kier alpha value is -3.81. The summed E-state index contributed by atoms with van der Waals surface area (Å²) in [4.78, 5) is 17.7. The minimum atomic E-state index is -4.85. The zero-order chi connectivity index (χ0) is 22.3. The van der Waals surface area contributed by atoms with Gasteiger partial charge in [-0.05, 0) is 42.7 Å². The molecule has 1 amide bonds. The molecule has 5 rings (SSSR count). The molecular formula is C24H18F3N3O2. The van der Waals surface area contributed by atoms with Gasteiger partial charge in [0.25, 0.3) is 5.91 Å². The topological polar surface area (TPSA) is 55.6 Å². The van der Waals surface area contributed by atoms with Crippen LogP contribution in [0, 0.1) is 0 Å². The van der Waals surface area contributed by atoms with Gasteiger partial charge in [-0.3, -0.25) is 9.20 Å². The number of pyridine rings is 1. The minimum absolute atomic E-state index is 0.134. The molecule has 0 unspecified atom stereocenters. The zero-order valence-corrected chi connectivity index (χ0v) is 16.8. The van der Waals surface area contributed by atoms with Crippen molar-refractivity contribution in [3.05, 3.63) is 90.3 Å². The first kappa shape index (κ1) is 20.1. The van der Waals surface area contributed by atoms with Crippen LogP contribution in [0.5, 0.6) is 5.75 Å². The summed E-state index contributed by atoms with van der Waals surface area (Å²) in [5.41, 5.74) is 1.34. The molecule has 0 radical (unpaired) electrons. The second-order valence-electron chi connectivity index (χ2n) is 7.69. The zero-order valence-electron chi connectivity index (χ0n) is 16.8. The van der Waals surface area contributed by atoms with Crippen LogP contribution in [0.4, 0.5) is 13.2 Å². The maximum absolute atomic E-state index is 13.2. The van der Waals surface area contributed by atoms with Crippen molar-refractivity contribution in [1.29, 1.82) is 0 Å². The van der Waals surface area contributed by atoms with E-state index in [9.17, 15) is 18.0 Å². The van der Waals surface area contributed by atoms with Gasteiger partial charge in [0.05, 0.1) is 16.6 Å². The van der Waals surface area contributed by atoms with Crippen LogP contribution in [-0.4, -0.2) is 21.7 Å². The van der Waals surface area contributed by atoms with Gasteiger partial charge in [-0.25, -0.2) is 4.98 Å². The largest absolute Gasteiger partial charge is 0.573 e. The lowest BCUT2D eigenvalue weighted by Crippen LogP contribution is -2.35. The van der Waals surface area contributed by atoms with Gasteiger partial charge in [0.2, 0.25) is 0 Å². The molecular weight excluding hydrogens is 419 g/mol. The van der Waals surface area contributed by atoms with Crippen molar-refractivity contribution >= 4 is 11.4 Å². The first-order valence-electron chi connectivity index (χ1n) is 10.1. The van der Waals surface area contributed by atoms with Gasteiger partial charge in [0.15, 0.2) is 5.69 Å². The average molecular weight is 437 g/mol. The van der Waals surface area contributed by atoms with Crippen molar-refractivity contribution in [2.45, 2.75) is 24.7 Å². The van der Waals surface area contributed by atoms with Gasteiger partial charge in [0.1, 0.15) is 11.6 Å². The summed E-state index contributed by atoms with van der Waals surface area (Å²) in [6.07, 6.45) is -1.58. The Morgan fingerprint density at radius 3 is 2.38 bits per heavy atom. The van der Waals surface area contributed by atoms with Crippen molar-refractivity contribution in [2.75, 3.05) is 0 Å². The third-order valence-corrected chi connectivity index (χ3v) is 5.55. The molecule has 5 nitrogen and oxygen atoms in total. The van der Waals surface area contributed by atoms with Crippen LogP contribution in [0.25, 0.3) is 16.9 Å². The fourth-order valence-electron chi connectivity index (χ4n) is 3.90. The fraction of sp³-hybridized carbons (Fsp3) is 0.167. The molecule has 2 heterocycles. The third kappa shape index (κ3) is 3.68. The van der Waals surface area contributed by atoms with E-state index in [-0.39, 0.29) is 28.7 Å². The number of hydrogen-bond donors (Lipinski definition) is 1. The van der Waals surface area contributed by atoms with Crippen molar-refractivity contribution in [1.82, 2.24) is 14.7 Å². The van der Waals surface area contributed by atoms with Crippen LogP contribution < -0.4 is 10.1 Å². The van der Waals surface area contributed by atoms with Crippen molar-refractivity contribution in [3.63, 3.8) is 0 Å². The molecule has 1 aliphatic rings. The fourth-order valence-corrected chi connectivity index (χ4v) is 3.90. The number of amides is 1. The predicted molar refractivity (Wildman–Crippen MR) is 112 cm³/mol. The summed E-state index contributed by atoms with van der Waals surface area (Å²) in [6, 6.07) is 20.6. The molecule has 4 aromatic rings. The van der Waals surface area contributed by atoms with E-state index in [2.05, 4.69) is 15.0 Å². The quantitative estimate of drug-likeness (QED) is 0.460. The summed E-state index contributed by atoms with van der Waals surface area (Å²) >= 11 is 0. The van der Waals surface area contributed by atoms with E-state index in [1.54, 1.807) is 34.9 Å². The van der Waals surface area contributed by atoms with Crippen LogP contribution in [0.1, 0.15) is 28.9 Å². The number of hydrogen-bond acceptors (Lipinski definition) is 3. The molecule has 1 N–H and O–H groups in total.